The van der Waals surface area contributed by atoms with Crippen LogP contribution in [0.2, 0.25) is 0 Å². The van der Waals surface area contributed by atoms with Crippen molar-refractivity contribution in [3.63, 3.8) is 0 Å². The van der Waals surface area contributed by atoms with Crippen LogP contribution in [0, 0.1) is 0 Å². The smallest absolute Gasteiger partial charge is 0.0620 e. The van der Waals surface area contributed by atoms with Crippen LogP contribution in [-0.2, 0) is 0 Å². The van der Waals surface area contributed by atoms with Crippen molar-refractivity contribution >= 4 is 54.3 Å². The SMILES string of the molecule is c1ccc(-n2c3ccccc3c3ccc4cc5ccn(-c6ccc(-c7cncc8ccccc78)cc6)c5cc4c32)cc1. The fourth-order valence-corrected chi connectivity index (χ4v) is 6.63. The minimum atomic E-state index is 1.14. The molecule has 0 N–H and O–H groups in total. The largest absolute Gasteiger partial charge is 0.317 e. The lowest BCUT2D eigenvalue weighted by molar-refractivity contribution is 1.13. The Morgan fingerprint density at radius 3 is 2.12 bits per heavy atom. The molecule has 3 heterocycles. The molecule has 3 heteroatoms. The molecule has 9 rings (SSSR count). The maximum absolute atomic E-state index is 4.49. The highest BCUT2D eigenvalue weighted by Gasteiger charge is 2.16. The van der Waals surface area contributed by atoms with Gasteiger partial charge in [-0.1, -0.05) is 84.9 Å². The molecule has 0 amide bonds. The Balaban J connectivity index is 1.25. The van der Waals surface area contributed by atoms with E-state index in [-0.39, 0.29) is 0 Å². The van der Waals surface area contributed by atoms with Gasteiger partial charge in [0.2, 0.25) is 0 Å². The Labute approximate surface area is 242 Å². The summed E-state index contributed by atoms with van der Waals surface area (Å²) in [5.74, 6) is 0. The number of hydrogen-bond acceptors (Lipinski definition) is 1. The summed E-state index contributed by atoms with van der Waals surface area (Å²) in [6, 6.07) is 48.1. The number of nitrogens with zero attached hydrogens (tertiary/aromatic N) is 3. The fraction of sp³-hybridized carbons (Fsp3) is 0. The Bertz CT molecular complexity index is 2440. The van der Waals surface area contributed by atoms with E-state index in [1.807, 2.05) is 12.4 Å². The first kappa shape index (κ1) is 23.1. The van der Waals surface area contributed by atoms with Gasteiger partial charge < -0.3 is 9.13 Å². The van der Waals surface area contributed by atoms with Gasteiger partial charge in [-0.15, -0.1) is 0 Å². The van der Waals surface area contributed by atoms with E-state index in [1.165, 1.54) is 60.1 Å². The van der Waals surface area contributed by atoms with Gasteiger partial charge in [0, 0.05) is 62.5 Å². The molecule has 0 fully saturated rings. The first-order valence-electron chi connectivity index (χ1n) is 14.3. The molecular formula is C39H25N3. The third-order valence-corrected chi connectivity index (χ3v) is 8.60. The quantitative estimate of drug-likeness (QED) is 0.221. The molecule has 0 atom stereocenters. The Kier molecular flexibility index (Phi) is 4.90. The zero-order valence-electron chi connectivity index (χ0n) is 22.8. The average molecular weight is 536 g/mol. The number of benzene rings is 6. The Hall–Kier alpha value is -5.67. The second-order valence-corrected chi connectivity index (χ2v) is 10.9. The molecule has 0 aliphatic heterocycles. The van der Waals surface area contributed by atoms with E-state index in [1.54, 1.807) is 0 Å². The number of fused-ring (bicyclic) bond motifs is 7. The van der Waals surface area contributed by atoms with Crippen molar-refractivity contribution in [1.29, 1.82) is 0 Å². The molecule has 0 unspecified atom stereocenters. The summed E-state index contributed by atoms with van der Waals surface area (Å²) >= 11 is 0. The molecule has 42 heavy (non-hydrogen) atoms. The van der Waals surface area contributed by atoms with E-state index in [4.69, 9.17) is 0 Å². The van der Waals surface area contributed by atoms with Gasteiger partial charge in [0.25, 0.3) is 0 Å². The van der Waals surface area contributed by atoms with E-state index in [0.29, 0.717) is 0 Å². The monoisotopic (exact) mass is 535 g/mol. The minimum Gasteiger partial charge on any atom is -0.317 e. The molecule has 9 aromatic rings. The predicted octanol–water partition coefficient (Wildman–Crippen LogP) is 10.1. The number of rotatable bonds is 3. The van der Waals surface area contributed by atoms with Crippen LogP contribution in [0.25, 0.3) is 76.8 Å². The zero-order valence-corrected chi connectivity index (χ0v) is 22.8. The molecule has 0 bridgehead atoms. The lowest BCUT2D eigenvalue weighted by atomic mass is 10.0. The van der Waals surface area contributed by atoms with Gasteiger partial charge in [-0.05, 0) is 64.9 Å². The zero-order chi connectivity index (χ0) is 27.6. The van der Waals surface area contributed by atoms with Crippen molar-refractivity contribution in [2.24, 2.45) is 0 Å². The van der Waals surface area contributed by atoms with E-state index >= 15 is 0 Å². The number of aromatic nitrogens is 3. The van der Waals surface area contributed by atoms with Crippen molar-refractivity contribution < 1.29 is 0 Å². The van der Waals surface area contributed by atoms with E-state index in [2.05, 4.69) is 154 Å². The first-order chi connectivity index (χ1) is 20.8. The summed E-state index contributed by atoms with van der Waals surface area (Å²) in [5, 5.41) is 8.63. The number of hydrogen-bond donors (Lipinski definition) is 0. The molecule has 6 aromatic carbocycles. The second-order valence-electron chi connectivity index (χ2n) is 10.9. The molecule has 0 radical (unpaired) electrons. The summed E-state index contributed by atoms with van der Waals surface area (Å²) in [5.41, 5.74) is 8.29. The predicted molar refractivity (Wildman–Crippen MR) is 176 cm³/mol. The summed E-state index contributed by atoms with van der Waals surface area (Å²) in [6.45, 7) is 0. The van der Waals surface area contributed by atoms with E-state index in [0.717, 1.165) is 16.6 Å². The van der Waals surface area contributed by atoms with Gasteiger partial charge in [0.05, 0.1) is 16.6 Å². The molecule has 0 saturated carbocycles. The maximum atomic E-state index is 4.49. The van der Waals surface area contributed by atoms with Crippen molar-refractivity contribution in [1.82, 2.24) is 14.1 Å². The first-order valence-corrected chi connectivity index (χ1v) is 14.3. The van der Waals surface area contributed by atoms with Gasteiger partial charge in [-0.3, -0.25) is 4.98 Å². The van der Waals surface area contributed by atoms with Gasteiger partial charge in [0.1, 0.15) is 0 Å². The highest BCUT2D eigenvalue weighted by Crippen LogP contribution is 2.38. The second kappa shape index (κ2) is 8.92. The molecule has 3 nitrogen and oxygen atoms in total. The molecule has 0 aliphatic carbocycles. The summed E-state index contributed by atoms with van der Waals surface area (Å²) in [6.07, 6.45) is 6.07. The van der Waals surface area contributed by atoms with Crippen molar-refractivity contribution in [2.75, 3.05) is 0 Å². The number of para-hydroxylation sites is 2. The van der Waals surface area contributed by atoms with Crippen LogP contribution < -0.4 is 0 Å². The van der Waals surface area contributed by atoms with Crippen LogP contribution in [0.15, 0.2) is 152 Å². The Morgan fingerprint density at radius 2 is 1.24 bits per heavy atom. The van der Waals surface area contributed by atoms with Gasteiger partial charge in [-0.2, -0.15) is 0 Å². The van der Waals surface area contributed by atoms with Crippen LogP contribution in [0.5, 0.6) is 0 Å². The molecular weight excluding hydrogens is 510 g/mol. The van der Waals surface area contributed by atoms with Crippen LogP contribution in [-0.4, -0.2) is 14.1 Å². The van der Waals surface area contributed by atoms with Gasteiger partial charge >= 0.3 is 0 Å². The standard InChI is InChI=1S/C39H25N3/c1-2-9-31(10-3-1)42-37-13-7-6-12-33(37)34-19-16-27-22-28-20-21-41(38(28)23-35(27)39(34)42)30-17-14-26(15-18-30)36-25-40-24-29-8-4-5-11-32(29)36/h1-25H. The normalized spacial score (nSPS) is 11.8. The van der Waals surface area contributed by atoms with Crippen LogP contribution in [0.4, 0.5) is 0 Å². The third kappa shape index (κ3) is 3.37. The van der Waals surface area contributed by atoms with E-state index in [9.17, 15) is 0 Å². The maximum Gasteiger partial charge on any atom is 0.0620 e. The summed E-state index contributed by atoms with van der Waals surface area (Å²) in [7, 11) is 0. The lowest BCUT2D eigenvalue weighted by Gasteiger charge is -2.12. The van der Waals surface area contributed by atoms with Gasteiger partial charge in [-0.25, -0.2) is 0 Å². The minimum absolute atomic E-state index is 1.14. The van der Waals surface area contributed by atoms with Crippen LogP contribution >= 0.6 is 0 Å². The lowest BCUT2D eigenvalue weighted by Crippen LogP contribution is -1.95. The van der Waals surface area contributed by atoms with Crippen LogP contribution in [0.1, 0.15) is 0 Å². The van der Waals surface area contributed by atoms with Crippen LogP contribution in [0.3, 0.4) is 0 Å². The van der Waals surface area contributed by atoms with Crippen molar-refractivity contribution in [3.05, 3.63) is 152 Å². The van der Waals surface area contributed by atoms with Crippen molar-refractivity contribution in [2.45, 2.75) is 0 Å². The van der Waals surface area contributed by atoms with Gasteiger partial charge in [0.15, 0.2) is 0 Å². The third-order valence-electron chi connectivity index (χ3n) is 8.60. The van der Waals surface area contributed by atoms with E-state index < -0.39 is 0 Å². The molecule has 196 valence electrons. The summed E-state index contributed by atoms with van der Waals surface area (Å²) < 4.78 is 4.72. The molecule has 0 aliphatic rings. The Morgan fingerprint density at radius 1 is 0.452 bits per heavy atom. The summed E-state index contributed by atoms with van der Waals surface area (Å²) in [4.78, 5) is 4.49. The highest BCUT2D eigenvalue weighted by molar-refractivity contribution is 6.20. The topological polar surface area (TPSA) is 22.8 Å². The number of pyridine rings is 1. The highest BCUT2D eigenvalue weighted by atomic mass is 15.0. The molecule has 0 spiro atoms. The van der Waals surface area contributed by atoms with Crippen molar-refractivity contribution in [3.8, 4) is 22.5 Å². The fourth-order valence-electron chi connectivity index (χ4n) is 6.63. The average Bonchev–Trinajstić information content (AvgIpc) is 3.63. The molecule has 0 saturated heterocycles. The molecule has 3 aromatic heterocycles.